The number of ether oxygens (including phenoxy) is 1. The third kappa shape index (κ3) is 6.32. The number of aliphatic hydroxyl groups excluding tert-OH is 3. The van der Waals surface area contributed by atoms with Gasteiger partial charge in [0.1, 0.15) is 24.1 Å². The van der Waals surface area contributed by atoms with Crippen LogP contribution < -0.4 is 0 Å². The maximum atomic E-state index is 8.62. The van der Waals surface area contributed by atoms with E-state index in [4.69, 9.17) is 26.9 Å². The molecule has 0 bridgehead atoms. The van der Waals surface area contributed by atoms with Gasteiger partial charge < -0.3 is 25.0 Å². The topological polar surface area (TPSA) is 124 Å². The molecule has 1 aliphatic rings. The van der Waals surface area contributed by atoms with Crippen LogP contribution in [-0.4, -0.2) is 67.8 Å². The van der Waals surface area contributed by atoms with Gasteiger partial charge in [-0.2, -0.15) is 0 Å². The predicted octanol–water partition coefficient (Wildman–Crippen LogP) is 0.379. The fourth-order valence-corrected chi connectivity index (χ4v) is 1.45. The molecule has 120 valence electrons. The minimum Gasteiger partial charge on any atom is -0.400 e. The molecule has 3 rings (SSSR count). The number of nitrogens with zero attached hydrogens (tertiary/aromatic N) is 3. The fraction of sp³-hybridized carbons (Fsp3) is 0.583. The van der Waals surface area contributed by atoms with E-state index in [1.165, 1.54) is 12.7 Å². The molecule has 2 unspecified atom stereocenters. The van der Waals surface area contributed by atoms with Gasteiger partial charge in [0.25, 0.3) is 0 Å². The summed E-state index contributed by atoms with van der Waals surface area (Å²) in [7, 11) is 1.00. The largest absolute Gasteiger partial charge is 0.400 e. The quantitative estimate of drug-likeness (QED) is 0.517. The first-order chi connectivity index (χ1) is 10.2. The van der Waals surface area contributed by atoms with Crippen LogP contribution in [0.25, 0.3) is 11.2 Å². The van der Waals surface area contributed by atoms with Crippen LogP contribution in [0.15, 0.2) is 12.7 Å². The van der Waals surface area contributed by atoms with E-state index >= 15 is 0 Å². The van der Waals surface area contributed by atoms with Crippen molar-refractivity contribution in [3.05, 3.63) is 17.8 Å². The first kappa shape index (κ1) is 19.7. The Balaban J connectivity index is 0.000000321. The van der Waals surface area contributed by atoms with E-state index in [0.29, 0.717) is 16.3 Å². The van der Waals surface area contributed by atoms with Crippen molar-refractivity contribution < 1.29 is 20.1 Å². The molecule has 1 aliphatic heterocycles. The lowest BCUT2D eigenvalue weighted by Gasteiger charge is -2.00. The molecule has 0 amide bonds. The summed E-state index contributed by atoms with van der Waals surface area (Å²) in [6, 6.07) is 0. The van der Waals surface area contributed by atoms with E-state index in [0.717, 1.165) is 7.11 Å². The highest BCUT2D eigenvalue weighted by atomic mass is 35.5. The summed E-state index contributed by atoms with van der Waals surface area (Å²) in [5.41, 5.74) is 1.28. The molecule has 3 heterocycles. The summed E-state index contributed by atoms with van der Waals surface area (Å²) < 4.78 is 4.67. The molecular weight excluding hydrogens is 300 g/mol. The Hall–Kier alpha value is -1.32. The maximum Gasteiger partial charge on any atom is 0.182 e. The lowest BCUT2D eigenvalue weighted by atomic mass is 10.3. The van der Waals surface area contributed by atoms with Gasteiger partial charge in [-0.15, -0.1) is 0 Å². The van der Waals surface area contributed by atoms with E-state index < -0.39 is 12.2 Å². The van der Waals surface area contributed by atoms with Crippen LogP contribution in [0.4, 0.5) is 0 Å². The molecule has 21 heavy (non-hydrogen) atoms. The minimum atomic E-state index is -0.653. The van der Waals surface area contributed by atoms with E-state index in [1.54, 1.807) is 0 Å². The van der Waals surface area contributed by atoms with Gasteiger partial charge >= 0.3 is 0 Å². The summed E-state index contributed by atoms with van der Waals surface area (Å²) in [5.74, 6) is 0. The van der Waals surface area contributed by atoms with E-state index in [9.17, 15) is 0 Å². The van der Waals surface area contributed by atoms with Crippen molar-refractivity contribution >= 4 is 22.8 Å². The van der Waals surface area contributed by atoms with Crippen molar-refractivity contribution in [1.29, 1.82) is 0 Å². The number of rotatable bonds is 0. The Labute approximate surface area is 127 Å². The minimum absolute atomic E-state index is 0.279. The number of H-pyrrole nitrogens is 1. The van der Waals surface area contributed by atoms with Crippen LogP contribution in [0.3, 0.4) is 0 Å². The zero-order valence-corrected chi connectivity index (χ0v) is 12.9. The van der Waals surface area contributed by atoms with Gasteiger partial charge in [0, 0.05) is 7.11 Å². The van der Waals surface area contributed by atoms with Gasteiger partial charge in [-0.3, -0.25) is 0 Å². The highest BCUT2D eigenvalue weighted by molar-refractivity contribution is 6.33. The summed E-state index contributed by atoms with van der Waals surface area (Å²) >= 11 is 5.68. The Morgan fingerprint density at radius 2 is 1.71 bits per heavy atom. The number of nitrogens with one attached hydrogen (secondary N) is 1. The van der Waals surface area contributed by atoms with Gasteiger partial charge in [-0.05, 0) is 0 Å². The summed E-state index contributed by atoms with van der Waals surface area (Å²) in [6.45, 7) is 4.56. The van der Waals surface area contributed by atoms with Crippen molar-refractivity contribution in [2.24, 2.45) is 0 Å². The second-order valence-electron chi connectivity index (χ2n) is 3.44. The van der Waals surface area contributed by atoms with Crippen molar-refractivity contribution in [1.82, 2.24) is 19.9 Å². The Bertz CT molecular complexity index is 489. The SMILES string of the molecule is CC.CO.Clc1ncnc2nc[nH]c12.OC1COCC1O. The molecule has 2 aromatic rings. The zero-order valence-electron chi connectivity index (χ0n) is 12.2. The molecule has 1 saturated heterocycles. The predicted molar refractivity (Wildman–Crippen MR) is 79.0 cm³/mol. The Morgan fingerprint density at radius 3 is 2.14 bits per heavy atom. The lowest BCUT2D eigenvalue weighted by molar-refractivity contribution is 0.0572. The molecule has 0 saturated carbocycles. The number of imidazole rings is 1. The van der Waals surface area contributed by atoms with E-state index in [1.807, 2.05) is 13.8 Å². The lowest BCUT2D eigenvalue weighted by Crippen LogP contribution is -2.22. The molecule has 0 aliphatic carbocycles. The molecule has 0 radical (unpaired) electrons. The van der Waals surface area contributed by atoms with Gasteiger partial charge in [-0.1, -0.05) is 25.4 Å². The van der Waals surface area contributed by atoms with Crippen LogP contribution in [0.5, 0.6) is 0 Å². The number of hydrogen-bond donors (Lipinski definition) is 4. The second-order valence-corrected chi connectivity index (χ2v) is 3.80. The number of aromatic amines is 1. The number of aromatic nitrogens is 4. The number of aliphatic hydroxyl groups is 3. The van der Waals surface area contributed by atoms with Gasteiger partial charge in [0.2, 0.25) is 0 Å². The first-order valence-electron chi connectivity index (χ1n) is 6.36. The molecule has 2 atom stereocenters. The highest BCUT2D eigenvalue weighted by Gasteiger charge is 2.22. The van der Waals surface area contributed by atoms with Crippen molar-refractivity contribution in [3.8, 4) is 0 Å². The number of hydrogen-bond acceptors (Lipinski definition) is 7. The third-order valence-electron chi connectivity index (χ3n) is 2.20. The van der Waals surface area contributed by atoms with Gasteiger partial charge in [0.15, 0.2) is 10.8 Å². The fourth-order valence-electron chi connectivity index (χ4n) is 1.27. The first-order valence-corrected chi connectivity index (χ1v) is 6.74. The van der Waals surface area contributed by atoms with Crippen LogP contribution in [0.2, 0.25) is 5.15 Å². The molecule has 8 nitrogen and oxygen atoms in total. The van der Waals surface area contributed by atoms with Gasteiger partial charge in [0.05, 0.1) is 19.5 Å². The molecule has 0 aromatic carbocycles. The molecule has 1 fully saturated rings. The summed E-state index contributed by atoms with van der Waals surface area (Å²) in [6.07, 6.45) is 1.61. The van der Waals surface area contributed by atoms with Crippen molar-refractivity contribution in [3.63, 3.8) is 0 Å². The van der Waals surface area contributed by atoms with Crippen molar-refractivity contribution in [2.45, 2.75) is 26.1 Å². The maximum absolute atomic E-state index is 8.62. The monoisotopic (exact) mass is 320 g/mol. The smallest absolute Gasteiger partial charge is 0.182 e. The molecule has 0 spiro atoms. The van der Waals surface area contributed by atoms with Crippen LogP contribution in [0, 0.1) is 0 Å². The van der Waals surface area contributed by atoms with Crippen LogP contribution >= 0.6 is 11.6 Å². The average Bonchev–Trinajstić information content (AvgIpc) is 3.15. The highest BCUT2D eigenvalue weighted by Crippen LogP contribution is 2.13. The normalized spacial score (nSPS) is 19.6. The average molecular weight is 321 g/mol. The third-order valence-corrected chi connectivity index (χ3v) is 2.48. The number of fused-ring (bicyclic) bond motifs is 1. The summed E-state index contributed by atoms with van der Waals surface area (Å²) in [4.78, 5) is 14.3. The van der Waals surface area contributed by atoms with Crippen molar-refractivity contribution in [2.75, 3.05) is 20.3 Å². The Morgan fingerprint density at radius 1 is 1.14 bits per heavy atom. The Kier molecular flexibility index (Phi) is 10.6. The van der Waals surface area contributed by atoms with Crippen LogP contribution in [0.1, 0.15) is 13.8 Å². The second kappa shape index (κ2) is 11.4. The van der Waals surface area contributed by atoms with E-state index in [2.05, 4.69) is 24.7 Å². The van der Waals surface area contributed by atoms with Gasteiger partial charge in [-0.25, -0.2) is 15.0 Å². The van der Waals surface area contributed by atoms with E-state index in [-0.39, 0.29) is 13.2 Å². The molecule has 4 N–H and O–H groups in total. The van der Waals surface area contributed by atoms with Crippen LogP contribution in [-0.2, 0) is 4.74 Å². The molecule has 9 heteroatoms. The zero-order chi connectivity index (χ0) is 16.3. The number of halogens is 1. The molecule has 2 aromatic heterocycles. The standard InChI is InChI=1S/C5H3ClN4.C4H8O3.C2H6.CH4O/c6-4-3-5(9-1-7-3)10-2-8-4;5-3-1-7-2-4(3)6;2*1-2/h1-2H,(H,7,8,9,10);3-6H,1-2H2;1-2H3;2H,1H3. The molecular formula is C12H21ClN4O4. The summed E-state index contributed by atoms with van der Waals surface area (Å²) in [5, 5.41) is 24.7.